The zero-order chi connectivity index (χ0) is 22.1. The summed E-state index contributed by atoms with van der Waals surface area (Å²) in [6.45, 7) is 3.34. The number of nitrogens with zero attached hydrogens (tertiary/aromatic N) is 4. The first kappa shape index (κ1) is 19.8. The van der Waals surface area contributed by atoms with Gasteiger partial charge >= 0.3 is 0 Å². The highest BCUT2D eigenvalue weighted by atomic mass is 16.7. The van der Waals surface area contributed by atoms with Gasteiger partial charge in [-0.15, -0.1) is 0 Å². The van der Waals surface area contributed by atoms with Crippen LogP contribution in [0.2, 0.25) is 0 Å². The highest BCUT2D eigenvalue weighted by Gasteiger charge is 2.16. The maximum absolute atomic E-state index is 12.9. The first-order chi connectivity index (χ1) is 15.6. The molecule has 9 nitrogen and oxygen atoms in total. The van der Waals surface area contributed by atoms with Crippen LogP contribution in [0.25, 0.3) is 11.0 Å². The molecule has 1 aliphatic heterocycles. The van der Waals surface area contributed by atoms with E-state index in [1.807, 2.05) is 31.2 Å². The van der Waals surface area contributed by atoms with E-state index < -0.39 is 0 Å². The minimum Gasteiger partial charge on any atom is -0.454 e. The van der Waals surface area contributed by atoms with E-state index in [0.717, 1.165) is 5.56 Å². The fourth-order valence-corrected chi connectivity index (χ4v) is 3.58. The van der Waals surface area contributed by atoms with Gasteiger partial charge in [-0.3, -0.25) is 14.2 Å². The van der Waals surface area contributed by atoms with Crippen LogP contribution in [0.5, 0.6) is 11.5 Å². The lowest BCUT2D eigenvalue weighted by Crippen LogP contribution is -2.27. The Balaban J connectivity index is 1.26. The minimum atomic E-state index is -0.229. The molecule has 0 fully saturated rings. The number of aromatic nitrogens is 4. The Morgan fingerprint density at radius 1 is 1.12 bits per heavy atom. The Hall–Kier alpha value is -4.14. The molecular formula is C23H21N5O4. The van der Waals surface area contributed by atoms with E-state index in [2.05, 4.69) is 15.4 Å². The Morgan fingerprint density at radius 2 is 1.94 bits per heavy atom. The first-order valence-corrected chi connectivity index (χ1v) is 10.2. The third-order valence-electron chi connectivity index (χ3n) is 5.34. The summed E-state index contributed by atoms with van der Waals surface area (Å²) in [4.78, 5) is 29.7. The van der Waals surface area contributed by atoms with E-state index in [1.54, 1.807) is 27.4 Å². The molecule has 0 saturated carbocycles. The van der Waals surface area contributed by atoms with Gasteiger partial charge in [-0.2, -0.15) is 5.10 Å². The molecule has 9 heteroatoms. The van der Waals surface area contributed by atoms with E-state index in [-0.39, 0.29) is 18.3 Å². The first-order valence-electron chi connectivity index (χ1n) is 10.2. The summed E-state index contributed by atoms with van der Waals surface area (Å²) in [5, 5.41) is 7.58. The number of rotatable bonds is 6. The van der Waals surface area contributed by atoms with Gasteiger partial charge < -0.3 is 14.8 Å². The van der Waals surface area contributed by atoms with Crippen LogP contribution in [-0.2, 0) is 13.1 Å². The second kappa shape index (κ2) is 8.18. The van der Waals surface area contributed by atoms with Crippen molar-refractivity contribution in [2.75, 3.05) is 13.3 Å². The Kier molecular flexibility index (Phi) is 5.06. The summed E-state index contributed by atoms with van der Waals surface area (Å²) in [5.41, 5.74) is 3.02. The van der Waals surface area contributed by atoms with Gasteiger partial charge in [0.2, 0.25) is 6.79 Å². The van der Waals surface area contributed by atoms with Crippen LogP contribution in [0.3, 0.4) is 0 Å². The van der Waals surface area contributed by atoms with Crippen LogP contribution >= 0.6 is 0 Å². The summed E-state index contributed by atoms with van der Waals surface area (Å²) < 4.78 is 13.8. The Morgan fingerprint density at radius 3 is 2.78 bits per heavy atom. The quantitative estimate of drug-likeness (QED) is 0.502. The molecule has 0 unspecified atom stereocenters. The normalized spacial score (nSPS) is 12.3. The molecule has 0 aliphatic carbocycles. The molecule has 0 bridgehead atoms. The van der Waals surface area contributed by atoms with Crippen molar-refractivity contribution in [3.05, 3.63) is 82.0 Å². The van der Waals surface area contributed by atoms with Gasteiger partial charge in [0.1, 0.15) is 11.7 Å². The van der Waals surface area contributed by atoms with Crippen molar-refractivity contribution >= 4 is 16.9 Å². The zero-order valence-electron chi connectivity index (χ0n) is 17.4. The summed E-state index contributed by atoms with van der Waals surface area (Å²) in [7, 11) is 0. The number of ether oxygens (including phenoxy) is 2. The van der Waals surface area contributed by atoms with Crippen LogP contribution < -0.4 is 20.3 Å². The number of nitrogens with one attached hydrogen (secondary N) is 1. The minimum absolute atomic E-state index is 0.147. The topological polar surface area (TPSA) is 100 Å². The molecule has 1 amide bonds. The van der Waals surface area contributed by atoms with Gasteiger partial charge in [0.25, 0.3) is 11.5 Å². The summed E-state index contributed by atoms with van der Waals surface area (Å²) in [6.07, 6.45) is 3.06. The van der Waals surface area contributed by atoms with E-state index >= 15 is 0 Å². The fourth-order valence-electron chi connectivity index (χ4n) is 3.58. The molecule has 162 valence electrons. The number of carbonyl (C=O) groups is 1. The molecule has 0 radical (unpaired) electrons. The fraction of sp³-hybridized carbons (Fsp3) is 0.217. The number of amides is 1. The maximum Gasteiger partial charge on any atom is 0.264 e. The largest absolute Gasteiger partial charge is 0.454 e. The van der Waals surface area contributed by atoms with Gasteiger partial charge in [0.15, 0.2) is 17.1 Å². The SMILES string of the molecule is Cc1ccc(Cn2cnc3c(cnn3CCNC(=O)c3ccc4c(c3)OCO4)c2=O)cc1. The molecule has 0 atom stereocenters. The van der Waals surface area contributed by atoms with Crippen LogP contribution in [0.15, 0.2) is 59.8 Å². The molecule has 0 spiro atoms. The zero-order valence-corrected chi connectivity index (χ0v) is 17.4. The van der Waals surface area contributed by atoms with Crippen molar-refractivity contribution in [1.82, 2.24) is 24.6 Å². The molecule has 1 N–H and O–H groups in total. The van der Waals surface area contributed by atoms with E-state index in [0.29, 0.717) is 47.7 Å². The molecule has 2 aromatic heterocycles. The molecule has 3 heterocycles. The number of hydrogen-bond donors (Lipinski definition) is 1. The number of aryl methyl sites for hydroxylation is 1. The summed E-state index contributed by atoms with van der Waals surface area (Å²) in [5.74, 6) is 0.957. The number of fused-ring (bicyclic) bond motifs is 2. The monoisotopic (exact) mass is 431 g/mol. The number of hydrogen-bond acceptors (Lipinski definition) is 6. The lowest BCUT2D eigenvalue weighted by Gasteiger charge is -2.08. The predicted molar refractivity (Wildman–Crippen MR) is 117 cm³/mol. The van der Waals surface area contributed by atoms with Gasteiger partial charge in [0, 0.05) is 12.1 Å². The second-order valence-corrected chi connectivity index (χ2v) is 7.59. The molecule has 32 heavy (non-hydrogen) atoms. The van der Waals surface area contributed by atoms with Gasteiger partial charge in [0.05, 0.1) is 19.3 Å². The lowest BCUT2D eigenvalue weighted by atomic mass is 10.1. The molecular weight excluding hydrogens is 410 g/mol. The van der Waals surface area contributed by atoms with Gasteiger partial charge in [-0.25, -0.2) is 9.67 Å². The van der Waals surface area contributed by atoms with Crippen molar-refractivity contribution in [2.24, 2.45) is 0 Å². The van der Waals surface area contributed by atoms with Gasteiger partial charge in [-0.05, 0) is 30.7 Å². The van der Waals surface area contributed by atoms with Crippen molar-refractivity contribution in [3.8, 4) is 11.5 Å². The number of benzene rings is 2. The summed E-state index contributed by atoms with van der Waals surface area (Å²) in [6, 6.07) is 13.1. The second-order valence-electron chi connectivity index (χ2n) is 7.59. The maximum atomic E-state index is 12.9. The van der Waals surface area contributed by atoms with Crippen molar-refractivity contribution < 1.29 is 14.3 Å². The highest BCUT2D eigenvalue weighted by molar-refractivity contribution is 5.94. The third kappa shape index (κ3) is 3.80. The van der Waals surface area contributed by atoms with E-state index in [9.17, 15) is 9.59 Å². The van der Waals surface area contributed by atoms with Crippen LogP contribution in [0.4, 0.5) is 0 Å². The Labute approximate surface area is 183 Å². The van der Waals surface area contributed by atoms with Crippen molar-refractivity contribution in [3.63, 3.8) is 0 Å². The van der Waals surface area contributed by atoms with E-state index in [4.69, 9.17) is 9.47 Å². The summed E-state index contributed by atoms with van der Waals surface area (Å²) >= 11 is 0. The number of carbonyl (C=O) groups excluding carboxylic acids is 1. The molecule has 1 aliphatic rings. The van der Waals surface area contributed by atoms with Gasteiger partial charge in [-0.1, -0.05) is 29.8 Å². The Bertz CT molecular complexity index is 1360. The molecule has 2 aromatic carbocycles. The molecule has 0 saturated heterocycles. The highest BCUT2D eigenvalue weighted by Crippen LogP contribution is 2.32. The molecule has 4 aromatic rings. The molecule has 5 rings (SSSR count). The third-order valence-corrected chi connectivity index (χ3v) is 5.34. The van der Waals surface area contributed by atoms with Crippen molar-refractivity contribution in [2.45, 2.75) is 20.0 Å². The van der Waals surface area contributed by atoms with E-state index in [1.165, 1.54) is 18.1 Å². The average Bonchev–Trinajstić information content (AvgIpc) is 3.44. The predicted octanol–water partition coefficient (Wildman–Crippen LogP) is 2.11. The smallest absolute Gasteiger partial charge is 0.264 e. The average molecular weight is 431 g/mol. The standard InChI is InChI=1S/C23H21N5O4/c1-15-2-4-16(5-3-15)12-27-13-25-21-18(23(27)30)11-26-28(21)9-8-24-22(29)17-6-7-19-20(10-17)32-14-31-19/h2-7,10-11,13H,8-9,12,14H2,1H3,(H,24,29). The van der Waals surface area contributed by atoms with Crippen LogP contribution in [-0.4, -0.2) is 38.6 Å². The van der Waals surface area contributed by atoms with Crippen molar-refractivity contribution in [1.29, 1.82) is 0 Å². The lowest BCUT2D eigenvalue weighted by molar-refractivity contribution is 0.0951. The van der Waals surface area contributed by atoms with Crippen LogP contribution in [0.1, 0.15) is 21.5 Å². The van der Waals surface area contributed by atoms with Crippen LogP contribution in [0, 0.1) is 6.92 Å².